The number of nitrogens with zero attached hydrogens (tertiary/aromatic N) is 3. The van der Waals surface area contributed by atoms with Gasteiger partial charge in [0.25, 0.3) is 15.5 Å². The molecule has 3 aromatic rings. The summed E-state index contributed by atoms with van der Waals surface area (Å²) in [6.45, 7) is 3.30. The second-order valence-corrected chi connectivity index (χ2v) is 11.4. The number of benzene rings is 2. The van der Waals surface area contributed by atoms with Gasteiger partial charge in [-0.1, -0.05) is 30.3 Å². The molecule has 1 unspecified atom stereocenters. The highest BCUT2D eigenvalue weighted by atomic mass is 32.2. The van der Waals surface area contributed by atoms with Gasteiger partial charge in [0.1, 0.15) is 13.2 Å². The van der Waals surface area contributed by atoms with Crippen molar-refractivity contribution in [3.8, 4) is 5.88 Å². The van der Waals surface area contributed by atoms with Crippen LogP contribution in [0.3, 0.4) is 0 Å². The number of nitro groups is 1. The number of sulfone groups is 1. The summed E-state index contributed by atoms with van der Waals surface area (Å²) in [5.41, 5.74) is 1.11. The quantitative estimate of drug-likeness (QED) is 0.0891. The lowest BCUT2D eigenvalue weighted by molar-refractivity contribution is -0.832. The van der Waals surface area contributed by atoms with E-state index in [-0.39, 0.29) is 52.9 Å². The fourth-order valence-corrected chi connectivity index (χ4v) is 5.97. The van der Waals surface area contributed by atoms with E-state index in [1.165, 1.54) is 49.6 Å². The summed E-state index contributed by atoms with van der Waals surface area (Å²) in [6.07, 6.45) is 0. The number of allylic oxidation sites excluding steroid dienone is 2. The number of hydrogen-bond donors (Lipinski definition) is 2. The van der Waals surface area contributed by atoms with Crippen molar-refractivity contribution in [2.24, 2.45) is 0 Å². The number of non-ortho nitro benzene ring substituents is 1. The Bertz CT molecular complexity index is 1770. The van der Waals surface area contributed by atoms with E-state index >= 15 is 0 Å². The van der Waals surface area contributed by atoms with Crippen LogP contribution in [0, 0.1) is 15.3 Å². The van der Waals surface area contributed by atoms with E-state index in [0.717, 1.165) is 0 Å². The number of ether oxygens (including phenoxy) is 3. The van der Waals surface area contributed by atoms with Crippen LogP contribution in [0.5, 0.6) is 5.88 Å². The standard InChI is InChI=1S/C28H29N5O11S/c1-17-22(27(34)41-3)24(19-8-7-9-20(16-19)32(36)37)23(18(2)30-17)28(35)43-15-13-29-12-14-42-25-26(33(38)44-31-25)45(39,40)21-10-5-4-6-11-21/h4-11,16,24,29-30H,12-15H2,1-3H3. The normalized spacial score (nSPS) is 15.0. The van der Waals surface area contributed by atoms with Gasteiger partial charge in [0.05, 0.1) is 39.1 Å². The molecule has 1 aliphatic rings. The van der Waals surface area contributed by atoms with Gasteiger partial charge in [-0.25, -0.2) is 18.0 Å². The highest BCUT2D eigenvalue weighted by molar-refractivity contribution is 7.91. The lowest BCUT2D eigenvalue weighted by Crippen LogP contribution is -2.33. The Morgan fingerprint density at radius 1 is 1.04 bits per heavy atom. The first-order chi connectivity index (χ1) is 21.5. The van der Waals surface area contributed by atoms with E-state index in [1.807, 2.05) is 0 Å². The molecule has 1 aromatic heterocycles. The maximum Gasteiger partial charge on any atom is 0.415 e. The van der Waals surface area contributed by atoms with Gasteiger partial charge in [0.15, 0.2) is 0 Å². The SMILES string of the molecule is COC(=O)C1=C(C)NC(C)=C(C(=O)OCCNCCOc2no[n+]([O-])c2S(=O)(=O)c2ccccc2)C1c1cccc([N+](=O)[O-])c1. The van der Waals surface area contributed by atoms with Gasteiger partial charge < -0.3 is 30.1 Å². The average Bonchev–Trinajstić information content (AvgIpc) is 3.40. The van der Waals surface area contributed by atoms with Crippen LogP contribution in [-0.2, 0) is 28.9 Å². The van der Waals surface area contributed by atoms with Crippen molar-refractivity contribution in [1.29, 1.82) is 0 Å². The fraction of sp³-hybridized carbons (Fsp3) is 0.286. The summed E-state index contributed by atoms with van der Waals surface area (Å²) in [5.74, 6) is -2.99. The predicted molar refractivity (Wildman–Crippen MR) is 153 cm³/mol. The molecule has 2 heterocycles. The van der Waals surface area contributed by atoms with Crippen molar-refractivity contribution in [3.63, 3.8) is 0 Å². The van der Waals surface area contributed by atoms with E-state index in [1.54, 1.807) is 26.0 Å². The third-order valence-corrected chi connectivity index (χ3v) is 8.41. The van der Waals surface area contributed by atoms with Crippen molar-refractivity contribution in [2.75, 3.05) is 33.4 Å². The molecule has 45 heavy (non-hydrogen) atoms. The van der Waals surface area contributed by atoms with Crippen LogP contribution >= 0.6 is 0 Å². The number of nitrogens with one attached hydrogen (secondary N) is 2. The molecule has 0 bridgehead atoms. The summed E-state index contributed by atoms with van der Waals surface area (Å²) < 4.78 is 45.9. The van der Waals surface area contributed by atoms with Gasteiger partial charge in [-0.05, 0) is 36.4 Å². The minimum absolute atomic E-state index is 0.0777. The van der Waals surface area contributed by atoms with Crippen LogP contribution in [0.2, 0.25) is 0 Å². The summed E-state index contributed by atoms with van der Waals surface area (Å²) in [6, 6.07) is 12.9. The molecule has 0 spiro atoms. The van der Waals surface area contributed by atoms with Gasteiger partial charge in [-0.15, -0.1) is 0 Å². The van der Waals surface area contributed by atoms with E-state index in [0.29, 0.717) is 17.0 Å². The van der Waals surface area contributed by atoms with Crippen molar-refractivity contribution < 1.29 is 46.7 Å². The average molecular weight is 644 g/mol. The molecule has 0 radical (unpaired) electrons. The molecule has 1 aliphatic heterocycles. The number of dihydropyridines is 1. The highest BCUT2D eigenvalue weighted by Gasteiger charge is 2.38. The molecule has 238 valence electrons. The molecule has 0 amide bonds. The summed E-state index contributed by atoms with van der Waals surface area (Å²) in [4.78, 5) is 36.5. The van der Waals surface area contributed by atoms with Crippen LogP contribution in [0.1, 0.15) is 25.3 Å². The van der Waals surface area contributed by atoms with Crippen molar-refractivity contribution in [2.45, 2.75) is 29.7 Å². The number of methoxy groups -OCH3 is 1. The number of carbonyl (C=O) groups excluding carboxylic acids is 2. The smallest absolute Gasteiger partial charge is 0.415 e. The number of hydrogen-bond acceptors (Lipinski definition) is 14. The summed E-state index contributed by atoms with van der Waals surface area (Å²) in [5, 5.41) is 32.0. The molecule has 0 saturated heterocycles. The van der Waals surface area contributed by atoms with Crippen LogP contribution in [0.4, 0.5) is 5.69 Å². The molecule has 2 aromatic carbocycles. The second-order valence-electron chi connectivity index (χ2n) is 9.57. The largest absolute Gasteiger partial charge is 0.466 e. The Hall–Kier alpha value is -5.29. The maximum absolute atomic E-state index is 13.3. The van der Waals surface area contributed by atoms with E-state index in [2.05, 4.69) is 20.4 Å². The van der Waals surface area contributed by atoms with Gasteiger partial charge in [-0.2, -0.15) is 0 Å². The molecular weight excluding hydrogens is 614 g/mol. The zero-order valence-corrected chi connectivity index (χ0v) is 25.2. The van der Waals surface area contributed by atoms with E-state index < -0.39 is 43.5 Å². The molecular formula is C28H29N5O11S. The van der Waals surface area contributed by atoms with E-state index in [4.69, 9.17) is 14.2 Å². The first-order valence-corrected chi connectivity index (χ1v) is 14.9. The van der Waals surface area contributed by atoms with Crippen LogP contribution in [0.15, 0.2) is 91.7 Å². The first-order valence-electron chi connectivity index (χ1n) is 13.4. The number of rotatable bonds is 13. The molecule has 0 saturated carbocycles. The van der Waals surface area contributed by atoms with Gasteiger partial charge in [0.2, 0.25) is 0 Å². The Morgan fingerprint density at radius 2 is 1.71 bits per heavy atom. The molecule has 2 N–H and O–H groups in total. The zero-order valence-electron chi connectivity index (χ0n) is 24.3. The van der Waals surface area contributed by atoms with Gasteiger partial charge in [-0.3, -0.25) is 14.7 Å². The molecule has 0 fully saturated rings. The topological polar surface area (TPSA) is 216 Å². The molecule has 1 atom stereocenters. The van der Waals surface area contributed by atoms with Crippen molar-refractivity contribution in [3.05, 3.63) is 98.0 Å². The minimum Gasteiger partial charge on any atom is -0.466 e. The molecule has 17 heteroatoms. The number of aromatic nitrogens is 2. The predicted octanol–water partition coefficient (Wildman–Crippen LogP) is 1.67. The lowest BCUT2D eigenvalue weighted by Gasteiger charge is -2.30. The second kappa shape index (κ2) is 14.0. The zero-order chi connectivity index (χ0) is 32.7. The molecule has 4 rings (SSSR count). The van der Waals surface area contributed by atoms with Crippen molar-refractivity contribution >= 4 is 27.5 Å². The van der Waals surface area contributed by atoms with Gasteiger partial charge in [0, 0.05) is 36.6 Å². The Morgan fingerprint density at radius 3 is 2.38 bits per heavy atom. The number of carbonyl (C=O) groups is 2. The molecule has 16 nitrogen and oxygen atoms in total. The van der Waals surface area contributed by atoms with Crippen LogP contribution in [-0.4, -0.2) is 63.8 Å². The Labute approximate surface area is 256 Å². The fourth-order valence-electron chi connectivity index (χ4n) is 4.68. The maximum atomic E-state index is 13.3. The Kier molecular flexibility index (Phi) is 10.1. The van der Waals surface area contributed by atoms with Crippen LogP contribution < -0.4 is 20.3 Å². The minimum atomic E-state index is -4.26. The molecule has 0 aliphatic carbocycles. The third kappa shape index (κ3) is 7.10. The number of nitro benzene ring substituents is 1. The first kappa shape index (κ1) is 32.6. The summed E-state index contributed by atoms with van der Waals surface area (Å²) >= 11 is 0. The number of esters is 2. The van der Waals surface area contributed by atoms with Gasteiger partial charge >= 0.3 is 22.8 Å². The summed E-state index contributed by atoms with van der Waals surface area (Å²) in [7, 11) is -3.07. The third-order valence-electron chi connectivity index (χ3n) is 6.68. The monoisotopic (exact) mass is 643 g/mol. The van der Waals surface area contributed by atoms with Crippen molar-refractivity contribution in [1.82, 2.24) is 15.8 Å². The van der Waals surface area contributed by atoms with Crippen LogP contribution in [0.25, 0.3) is 0 Å². The Balaban J connectivity index is 1.37. The lowest BCUT2D eigenvalue weighted by atomic mass is 9.80. The van der Waals surface area contributed by atoms with E-state index in [9.17, 15) is 33.3 Å². The highest BCUT2D eigenvalue weighted by Crippen LogP contribution is 2.40.